The van der Waals surface area contributed by atoms with Gasteiger partial charge in [-0.15, -0.1) is 0 Å². The molecule has 2 aliphatic heterocycles. The number of nitrogens with zero attached hydrogens (tertiary/aromatic N) is 4. The Bertz CT molecular complexity index is 1430. The zero-order chi connectivity index (χ0) is 21.8. The van der Waals surface area contributed by atoms with E-state index in [1.165, 1.54) is 0 Å². The van der Waals surface area contributed by atoms with Crippen LogP contribution in [0.15, 0.2) is 64.1 Å². The molecule has 1 saturated heterocycles. The molecule has 32 heavy (non-hydrogen) atoms. The second kappa shape index (κ2) is 7.35. The largest absolute Gasteiger partial charge is 0.422 e. The predicted octanol–water partition coefficient (Wildman–Crippen LogP) is 4.18. The van der Waals surface area contributed by atoms with Crippen LogP contribution in [0, 0.1) is 13.8 Å². The van der Waals surface area contributed by atoms with Gasteiger partial charge in [0.25, 0.3) is 0 Å². The van der Waals surface area contributed by atoms with Gasteiger partial charge in [0.15, 0.2) is 0 Å². The van der Waals surface area contributed by atoms with Crippen molar-refractivity contribution < 1.29 is 4.42 Å². The molecule has 0 unspecified atom stereocenters. The Morgan fingerprint density at radius 3 is 2.88 bits per heavy atom. The minimum Gasteiger partial charge on any atom is -0.422 e. The summed E-state index contributed by atoms with van der Waals surface area (Å²) in [7, 11) is 0. The van der Waals surface area contributed by atoms with Crippen LogP contribution in [0.3, 0.4) is 0 Å². The average molecular weight is 427 g/mol. The first-order chi connectivity index (χ1) is 15.5. The molecule has 6 rings (SSSR count). The highest BCUT2D eigenvalue weighted by Gasteiger charge is 2.26. The third-order valence-electron chi connectivity index (χ3n) is 6.76. The molecule has 0 spiro atoms. The molecule has 0 bridgehead atoms. The lowest BCUT2D eigenvalue weighted by Crippen LogP contribution is -2.53. The van der Waals surface area contributed by atoms with Gasteiger partial charge >= 0.3 is 5.63 Å². The van der Waals surface area contributed by atoms with Crippen LogP contribution in [0.2, 0.25) is 0 Å². The van der Waals surface area contributed by atoms with Gasteiger partial charge in [-0.2, -0.15) is 0 Å². The molecule has 162 valence electrons. The van der Waals surface area contributed by atoms with Crippen LogP contribution in [0.25, 0.3) is 27.6 Å². The van der Waals surface area contributed by atoms with Gasteiger partial charge in [0.1, 0.15) is 5.58 Å². The first-order valence-corrected chi connectivity index (χ1v) is 11.2. The number of piperazine rings is 1. The van der Waals surface area contributed by atoms with Crippen molar-refractivity contribution in [2.75, 3.05) is 31.1 Å². The number of aromatic nitrogens is 2. The third kappa shape index (κ3) is 3.22. The van der Waals surface area contributed by atoms with Gasteiger partial charge in [0.05, 0.1) is 22.5 Å². The minimum absolute atomic E-state index is 0.312. The van der Waals surface area contributed by atoms with E-state index in [-0.39, 0.29) is 5.63 Å². The fourth-order valence-corrected chi connectivity index (χ4v) is 5.11. The maximum Gasteiger partial charge on any atom is 0.344 e. The van der Waals surface area contributed by atoms with Crippen molar-refractivity contribution in [2.45, 2.75) is 26.3 Å². The molecule has 6 nitrogen and oxygen atoms in total. The molecule has 1 aromatic carbocycles. The molecule has 3 aromatic heterocycles. The van der Waals surface area contributed by atoms with Crippen molar-refractivity contribution >= 4 is 22.2 Å². The topological polar surface area (TPSA) is 54.0 Å². The Morgan fingerprint density at radius 2 is 1.97 bits per heavy atom. The van der Waals surface area contributed by atoms with E-state index in [0.717, 1.165) is 66.1 Å². The van der Waals surface area contributed by atoms with Crippen LogP contribution in [0.4, 0.5) is 5.69 Å². The van der Waals surface area contributed by atoms with Gasteiger partial charge < -0.3 is 13.7 Å². The van der Waals surface area contributed by atoms with Gasteiger partial charge in [0, 0.05) is 67.3 Å². The summed E-state index contributed by atoms with van der Waals surface area (Å²) in [5.41, 5.74) is 5.74. The smallest absolute Gasteiger partial charge is 0.344 e. The monoisotopic (exact) mass is 426 g/mol. The average Bonchev–Trinajstić information content (AvgIpc) is 3.22. The number of hydrogen-bond acceptors (Lipinski definition) is 5. The second-order valence-electron chi connectivity index (χ2n) is 8.92. The van der Waals surface area contributed by atoms with Gasteiger partial charge in [-0.1, -0.05) is 12.2 Å². The van der Waals surface area contributed by atoms with Crippen LogP contribution < -0.4 is 10.5 Å². The zero-order valence-corrected chi connectivity index (χ0v) is 18.4. The van der Waals surface area contributed by atoms with Crippen LogP contribution in [0.1, 0.15) is 17.8 Å². The van der Waals surface area contributed by atoms with E-state index in [1.54, 1.807) is 0 Å². The lowest BCUT2D eigenvalue weighted by molar-refractivity contribution is 0.203. The van der Waals surface area contributed by atoms with Crippen molar-refractivity contribution in [3.63, 3.8) is 0 Å². The molecule has 2 aliphatic rings. The van der Waals surface area contributed by atoms with Crippen LogP contribution in [-0.4, -0.2) is 46.5 Å². The van der Waals surface area contributed by atoms with Crippen LogP contribution >= 0.6 is 0 Å². The molecule has 0 N–H and O–H groups in total. The molecular formula is C26H26N4O2. The van der Waals surface area contributed by atoms with E-state index < -0.39 is 0 Å². The molecule has 1 atom stereocenters. The third-order valence-corrected chi connectivity index (χ3v) is 6.76. The Hall–Kier alpha value is -3.38. The number of rotatable bonds is 2. The number of hydrogen-bond donors (Lipinski definition) is 0. The van der Waals surface area contributed by atoms with E-state index in [1.807, 2.05) is 48.8 Å². The lowest BCUT2D eigenvalue weighted by atomic mass is 10.1. The Kier molecular flexibility index (Phi) is 4.43. The van der Waals surface area contributed by atoms with Crippen molar-refractivity contribution in [1.82, 2.24) is 14.3 Å². The maximum atomic E-state index is 12.9. The number of fused-ring (bicyclic) bond motifs is 3. The first-order valence-electron chi connectivity index (χ1n) is 11.2. The Balaban J connectivity index is 1.36. The minimum atomic E-state index is -0.312. The van der Waals surface area contributed by atoms with Gasteiger partial charge in [0.2, 0.25) is 0 Å². The van der Waals surface area contributed by atoms with Crippen LogP contribution in [0.5, 0.6) is 0 Å². The fourth-order valence-electron chi connectivity index (χ4n) is 5.11. The molecule has 0 aliphatic carbocycles. The molecule has 1 fully saturated rings. The van der Waals surface area contributed by atoms with E-state index in [4.69, 9.17) is 4.42 Å². The van der Waals surface area contributed by atoms with E-state index in [0.29, 0.717) is 17.2 Å². The highest BCUT2D eigenvalue weighted by molar-refractivity contribution is 5.85. The summed E-state index contributed by atoms with van der Waals surface area (Å²) in [6.07, 6.45) is 9.70. The molecule has 0 saturated carbocycles. The van der Waals surface area contributed by atoms with Gasteiger partial charge in [-0.3, -0.25) is 9.88 Å². The van der Waals surface area contributed by atoms with Crippen molar-refractivity contribution in [3.05, 3.63) is 76.7 Å². The summed E-state index contributed by atoms with van der Waals surface area (Å²) >= 11 is 0. The highest BCUT2D eigenvalue weighted by Crippen LogP contribution is 2.28. The lowest BCUT2D eigenvalue weighted by Gasteiger charge is -2.42. The summed E-state index contributed by atoms with van der Waals surface area (Å²) in [6.45, 7) is 8.12. The Labute approximate surface area is 186 Å². The predicted molar refractivity (Wildman–Crippen MR) is 127 cm³/mol. The van der Waals surface area contributed by atoms with Crippen molar-refractivity contribution in [3.8, 4) is 11.1 Å². The standard InChI is InChI=1S/C26H26N4O2/c1-17-14-30-15-20(12-24(30)18(2)27-17)23-11-19-6-7-21(13-25(19)32-26(23)31)29-10-9-28-8-4-3-5-22(28)16-29/h3,5-7,11-15,22H,4,8-10,16H2,1-2H3/t22-/m0/s1. The maximum absolute atomic E-state index is 12.9. The first kappa shape index (κ1) is 19.3. The molecule has 4 aromatic rings. The van der Waals surface area contributed by atoms with Crippen LogP contribution in [-0.2, 0) is 0 Å². The van der Waals surface area contributed by atoms with Gasteiger partial charge in [-0.25, -0.2) is 4.79 Å². The quantitative estimate of drug-likeness (QED) is 0.356. The summed E-state index contributed by atoms with van der Waals surface area (Å²) < 4.78 is 7.83. The summed E-state index contributed by atoms with van der Waals surface area (Å²) in [5.74, 6) is 0. The fraction of sp³-hybridized carbons (Fsp3) is 0.308. The van der Waals surface area contributed by atoms with Crippen molar-refractivity contribution in [1.29, 1.82) is 0 Å². The summed E-state index contributed by atoms with van der Waals surface area (Å²) in [5, 5.41) is 0.931. The normalized spacial score (nSPS) is 19.1. The Morgan fingerprint density at radius 1 is 1.06 bits per heavy atom. The zero-order valence-electron chi connectivity index (χ0n) is 18.4. The molecule has 0 amide bonds. The number of aryl methyl sites for hydroxylation is 2. The van der Waals surface area contributed by atoms with Gasteiger partial charge in [-0.05, 0) is 44.5 Å². The molecule has 5 heterocycles. The molecule has 6 heteroatoms. The van der Waals surface area contributed by atoms with E-state index >= 15 is 0 Å². The second-order valence-corrected chi connectivity index (χ2v) is 8.92. The van der Waals surface area contributed by atoms with E-state index in [2.05, 4.69) is 39.1 Å². The SMILES string of the molecule is Cc1cn2cc(-c3cc4ccc(N5CCN6CCC=C[C@H]6C5)cc4oc3=O)cc2c(C)n1. The summed E-state index contributed by atoms with van der Waals surface area (Å²) in [6, 6.07) is 10.6. The molecular weight excluding hydrogens is 400 g/mol. The van der Waals surface area contributed by atoms with Crippen molar-refractivity contribution in [2.24, 2.45) is 0 Å². The number of benzene rings is 1. The number of anilines is 1. The summed E-state index contributed by atoms with van der Waals surface area (Å²) in [4.78, 5) is 22.4. The highest BCUT2D eigenvalue weighted by atomic mass is 16.4. The molecule has 0 radical (unpaired) electrons. The van der Waals surface area contributed by atoms with E-state index in [9.17, 15) is 4.79 Å².